The Morgan fingerprint density at radius 2 is 1.61 bits per heavy atom. The molecule has 0 unspecified atom stereocenters. The normalized spacial score (nSPS) is 16.3. The SMILES string of the molecule is Cc1ccc(C=NNC(=O)c2cc(N3CCCCC3)ccc2NC(=O)c2cccc(CN3CCN(CCO)CC3)c2)cc1C. The van der Waals surface area contributed by atoms with Gasteiger partial charge in [-0.25, -0.2) is 5.43 Å². The minimum absolute atomic E-state index is 0.182. The molecule has 2 aliphatic heterocycles. The molecule has 3 aromatic carbocycles. The van der Waals surface area contributed by atoms with Gasteiger partial charge in [-0.3, -0.25) is 19.4 Å². The molecule has 0 bridgehead atoms. The van der Waals surface area contributed by atoms with E-state index < -0.39 is 0 Å². The van der Waals surface area contributed by atoms with E-state index in [-0.39, 0.29) is 18.4 Å². The lowest BCUT2D eigenvalue weighted by atomic mass is 10.1. The molecule has 2 aliphatic rings. The number of nitrogens with one attached hydrogen (secondary N) is 2. The van der Waals surface area contributed by atoms with E-state index in [1.54, 1.807) is 12.3 Å². The van der Waals surface area contributed by atoms with Crippen LogP contribution in [0, 0.1) is 13.8 Å². The molecule has 0 spiro atoms. The van der Waals surface area contributed by atoms with E-state index in [1.165, 1.54) is 12.0 Å². The maximum absolute atomic E-state index is 13.5. The fourth-order valence-corrected chi connectivity index (χ4v) is 5.82. The first-order chi connectivity index (χ1) is 21.4. The number of aliphatic hydroxyl groups is 1. The molecule has 2 fully saturated rings. The number of anilines is 2. The lowest BCUT2D eigenvalue weighted by Gasteiger charge is -2.34. The maximum atomic E-state index is 13.5. The summed E-state index contributed by atoms with van der Waals surface area (Å²) in [5.41, 5.74) is 9.31. The van der Waals surface area contributed by atoms with Gasteiger partial charge in [-0.05, 0) is 85.7 Å². The van der Waals surface area contributed by atoms with Crippen molar-refractivity contribution in [1.82, 2.24) is 15.2 Å². The maximum Gasteiger partial charge on any atom is 0.273 e. The highest BCUT2D eigenvalue weighted by atomic mass is 16.3. The van der Waals surface area contributed by atoms with Crippen LogP contribution in [0.3, 0.4) is 0 Å². The number of nitrogens with zero attached hydrogens (tertiary/aromatic N) is 4. The lowest BCUT2D eigenvalue weighted by molar-refractivity contribution is 0.0956. The van der Waals surface area contributed by atoms with Crippen LogP contribution in [0.1, 0.15) is 62.2 Å². The van der Waals surface area contributed by atoms with E-state index in [0.29, 0.717) is 23.4 Å². The van der Waals surface area contributed by atoms with Gasteiger partial charge in [-0.1, -0.05) is 30.3 Å². The number of amides is 2. The van der Waals surface area contributed by atoms with Gasteiger partial charge < -0.3 is 15.3 Å². The van der Waals surface area contributed by atoms with Crippen molar-refractivity contribution >= 4 is 29.4 Å². The van der Waals surface area contributed by atoms with Gasteiger partial charge in [0.25, 0.3) is 11.8 Å². The van der Waals surface area contributed by atoms with Gasteiger partial charge in [0.1, 0.15) is 0 Å². The second-order valence-electron chi connectivity index (χ2n) is 11.8. The third-order valence-electron chi connectivity index (χ3n) is 8.60. The molecule has 0 aliphatic carbocycles. The second kappa shape index (κ2) is 15.1. The van der Waals surface area contributed by atoms with E-state index in [2.05, 4.69) is 37.5 Å². The molecular formula is C35H44N6O3. The van der Waals surface area contributed by atoms with E-state index in [4.69, 9.17) is 0 Å². The van der Waals surface area contributed by atoms with Crippen molar-refractivity contribution in [2.24, 2.45) is 5.10 Å². The van der Waals surface area contributed by atoms with Crippen molar-refractivity contribution in [3.63, 3.8) is 0 Å². The Morgan fingerprint density at radius 3 is 2.36 bits per heavy atom. The number of piperazine rings is 1. The van der Waals surface area contributed by atoms with Gasteiger partial charge in [0, 0.05) is 63.6 Å². The van der Waals surface area contributed by atoms with Crippen LogP contribution in [-0.2, 0) is 6.54 Å². The summed E-state index contributed by atoms with van der Waals surface area (Å²) in [6.45, 7) is 11.3. The van der Waals surface area contributed by atoms with Crippen LogP contribution in [0.2, 0.25) is 0 Å². The van der Waals surface area contributed by atoms with Crippen LogP contribution < -0.4 is 15.6 Å². The number of benzene rings is 3. The van der Waals surface area contributed by atoms with Crippen LogP contribution >= 0.6 is 0 Å². The third kappa shape index (κ3) is 8.31. The molecular weight excluding hydrogens is 552 g/mol. The summed E-state index contributed by atoms with van der Waals surface area (Å²) < 4.78 is 0. The summed E-state index contributed by atoms with van der Waals surface area (Å²) in [6.07, 6.45) is 5.09. The molecule has 9 nitrogen and oxygen atoms in total. The number of aryl methyl sites for hydroxylation is 2. The molecule has 0 saturated carbocycles. The Balaban J connectivity index is 1.30. The summed E-state index contributed by atoms with van der Waals surface area (Å²) in [7, 11) is 0. The van der Waals surface area contributed by atoms with E-state index in [9.17, 15) is 14.7 Å². The van der Waals surface area contributed by atoms with Gasteiger partial charge in [-0.2, -0.15) is 5.10 Å². The number of aliphatic hydroxyl groups excluding tert-OH is 1. The zero-order chi connectivity index (χ0) is 30.9. The molecule has 44 heavy (non-hydrogen) atoms. The number of β-amino-alcohol motifs (C(OH)–C–C–N with tert-alkyl or cyclic N) is 1. The lowest BCUT2D eigenvalue weighted by Crippen LogP contribution is -2.46. The predicted molar refractivity (Wildman–Crippen MR) is 177 cm³/mol. The zero-order valence-electron chi connectivity index (χ0n) is 25.9. The molecule has 2 saturated heterocycles. The van der Waals surface area contributed by atoms with Crippen LogP contribution in [0.4, 0.5) is 11.4 Å². The van der Waals surface area contributed by atoms with Crippen molar-refractivity contribution in [1.29, 1.82) is 0 Å². The van der Waals surface area contributed by atoms with Crippen molar-refractivity contribution < 1.29 is 14.7 Å². The van der Waals surface area contributed by atoms with Crippen molar-refractivity contribution in [3.05, 3.63) is 94.0 Å². The van der Waals surface area contributed by atoms with Crippen LogP contribution in [0.5, 0.6) is 0 Å². The van der Waals surface area contributed by atoms with Gasteiger partial charge in [0.15, 0.2) is 0 Å². The summed E-state index contributed by atoms with van der Waals surface area (Å²) >= 11 is 0. The topological polar surface area (TPSA) is 101 Å². The van der Waals surface area contributed by atoms with Gasteiger partial charge in [-0.15, -0.1) is 0 Å². The average Bonchev–Trinajstić information content (AvgIpc) is 3.04. The first kappa shape index (κ1) is 31.4. The Labute approximate surface area is 260 Å². The Bertz CT molecular complexity index is 1480. The fourth-order valence-electron chi connectivity index (χ4n) is 5.82. The molecule has 0 atom stereocenters. The van der Waals surface area contributed by atoms with Crippen LogP contribution in [0.25, 0.3) is 0 Å². The first-order valence-corrected chi connectivity index (χ1v) is 15.6. The number of hydrazone groups is 1. The Kier molecular flexibility index (Phi) is 10.8. The van der Waals surface area contributed by atoms with Crippen molar-refractivity contribution in [2.75, 3.05) is 62.6 Å². The molecule has 2 heterocycles. The molecule has 0 aromatic heterocycles. The monoisotopic (exact) mass is 596 g/mol. The largest absolute Gasteiger partial charge is 0.395 e. The van der Waals surface area contributed by atoms with Gasteiger partial charge in [0.05, 0.1) is 24.1 Å². The molecule has 2 amide bonds. The summed E-state index contributed by atoms with van der Waals surface area (Å²) in [5, 5.41) is 16.4. The smallest absolute Gasteiger partial charge is 0.273 e. The van der Waals surface area contributed by atoms with Crippen LogP contribution in [0.15, 0.2) is 65.8 Å². The molecule has 232 valence electrons. The highest BCUT2D eigenvalue weighted by Gasteiger charge is 2.20. The van der Waals surface area contributed by atoms with E-state index in [1.807, 2.05) is 61.5 Å². The van der Waals surface area contributed by atoms with Crippen molar-refractivity contribution in [3.8, 4) is 0 Å². The number of carbonyl (C=O) groups excluding carboxylic acids is 2. The average molecular weight is 597 g/mol. The van der Waals surface area contributed by atoms with Crippen LogP contribution in [-0.4, -0.2) is 85.4 Å². The first-order valence-electron chi connectivity index (χ1n) is 15.6. The molecule has 0 radical (unpaired) electrons. The highest BCUT2D eigenvalue weighted by molar-refractivity contribution is 6.09. The summed E-state index contributed by atoms with van der Waals surface area (Å²) in [5.74, 6) is -0.647. The minimum atomic E-state index is -0.381. The van der Waals surface area contributed by atoms with Crippen molar-refractivity contribution in [2.45, 2.75) is 39.7 Å². The van der Waals surface area contributed by atoms with E-state index >= 15 is 0 Å². The van der Waals surface area contributed by atoms with Gasteiger partial charge >= 0.3 is 0 Å². The van der Waals surface area contributed by atoms with Gasteiger partial charge in [0.2, 0.25) is 0 Å². The molecule has 5 rings (SSSR count). The molecule has 3 aromatic rings. The second-order valence-corrected chi connectivity index (χ2v) is 11.8. The highest BCUT2D eigenvalue weighted by Crippen LogP contribution is 2.27. The summed E-state index contributed by atoms with van der Waals surface area (Å²) in [6, 6.07) is 19.3. The quantitative estimate of drug-likeness (QED) is 0.237. The number of carbonyl (C=O) groups is 2. The predicted octanol–water partition coefficient (Wildman–Crippen LogP) is 4.42. The zero-order valence-corrected chi connectivity index (χ0v) is 25.9. The Morgan fingerprint density at radius 1 is 0.841 bits per heavy atom. The number of hydrogen-bond donors (Lipinski definition) is 3. The standard InChI is InChI=1S/C35H44N6O3/c1-26-9-10-28(21-27(26)2)24-36-38-35(44)32-23-31(41-13-4-3-5-14-41)11-12-33(32)37-34(43)30-8-6-7-29(22-30)25-40-17-15-39(16-18-40)19-20-42/h6-12,21-24,42H,3-5,13-20,25H2,1-2H3,(H,37,43)(H,38,44). The third-order valence-corrected chi connectivity index (χ3v) is 8.60. The Hall–Kier alpha value is -4.05. The molecule has 9 heteroatoms. The summed E-state index contributed by atoms with van der Waals surface area (Å²) in [4.78, 5) is 33.8. The fraction of sp³-hybridized carbons (Fsp3) is 0.400. The minimum Gasteiger partial charge on any atom is -0.395 e. The molecule has 3 N–H and O–H groups in total. The number of piperidine rings is 1. The number of hydrogen-bond acceptors (Lipinski definition) is 7. The number of rotatable bonds is 10. The van der Waals surface area contributed by atoms with E-state index in [0.717, 1.165) is 81.0 Å².